The van der Waals surface area contributed by atoms with E-state index in [4.69, 9.17) is 14.2 Å². The summed E-state index contributed by atoms with van der Waals surface area (Å²) in [7, 11) is 4.55. The Bertz CT molecular complexity index is 1260. The number of nitrogens with zero attached hydrogens (tertiary/aromatic N) is 3. The van der Waals surface area contributed by atoms with E-state index in [1.54, 1.807) is 24.3 Å². The molecule has 0 aromatic heterocycles. The monoisotopic (exact) mass is 535 g/mol. The second kappa shape index (κ2) is 11.8. The Morgan fingerprint density at radius 1 is 1.08 bits per heavy atom. The average Bonchev–Trinajstić information content (AvgIpc) is 3.19. The van der Waals surface area contributed by atoms with Crippen molar-refractivity contribution < 1.29 is 28.6 Å². The lowest BCUT2D eigenvalue weighted by atomic mass is 9.94. The van der Waals surface area contributed by atoms with Crippen LogP contribution in [0.5, 0.6) is 17.2 Å². The van der Waals surface area contributed by atoms with Gasteiger partial charge in [0.1, 0.15) is 0 Å². The minimum absolute atomic E-state index is 0.0516. The van der Waals surface area contributed by atoms with Gasteiger partial charge in [-0.2, -0.15) is 0 Å². The largest absolute Gasteiger partial charge is 0.493 e. The first-order valence-electron chi connectivity index (χ1n) is 13.2. The quantitative estimate of drug-likeness (QED) is 0.334. The highest BCUT2D eigenvalue weighted by Gasteiger charge is 2.40. The normalized spacial score (nSPS) is 16.7. The standard InChI is InChI=1S/C30H37N3O6/c1-7-31(16-19(2)3)28(34)21-10-9-13-32(18-21)23-12-8-11-22-26(23)30(36)33(29(22)35)17-20-14-24(37-4)27(39-6)25(15-20)38-5/h8,11-12,14-15,21H,2,7,9-10,13,16-18H2,1,3-6H3. The van der Waals surface area contributed by atoms with E-state index in [0.717, 1.165) is 18.4 Å². The van der Waals surface area contributed by atoms with Crippen LogP contribution in [0.3, 0.4) is 0 Å². The van der Waals surface area contributed by atoms with Gasteiger partial charge in [-0.1, -0.05) is 18.2 Å². The van der Waals surface area contributed by atoms with Gasteiger partial charge in [-0.15, -0.1) is 0 Å². The molecule has 2 aliphatic rings. The first-order valence-corrected chi connectivity index (χ1v) is 13.2. The summed E-state index contributed by atoms with van der Waals surface area (Å²) in [5.74, 6) is 0.536. The highest BCUT2D eigenvalue weighted by Crippen LogP contribution is 2.40. The molecular weight excluding hydrogens is 498 g/mol. The lowest BCUT2D eigenvalue weighted by Crippen LogP contribution is -2.45. The first-order chi connectivity index (χ1) is 18.7. The third-order valence-electron chi connectivity index (χ3n) is 7.31. The fourth-order valence-electron chi connectivity index (χ4n) is 5.46. The summed E-state index contributed by atoms with van der Waals surface area (Å²) in [6.07, 6.45) is 1.61. The summed E-state index contributed by atoms with van der Waals surface area (Å²) in [6.45, 7) is 10.3. The topological polar surface area (TPSA) is 88.6 Å². The van der Waals surface area contributed by atoms with Crippen molar-refractivity contribution in [2.75, 3.05) is 52.4 Å². The van der Waals surface area contributed by atoms with Crippen LogP contribution in [0.15, 0.2) is 42.5 Å². The molecule has 2 aliphatic heterocycles. The van der Waals surface area contributed by atoms with Crippen molar-refractivity contribution >= 4 is 23.4 Å². The molecule has 2 aromatic carbocycles. The van der Waals surface area contributed by atoms with Crippen LogP contribution in [-0.4, -0.2) is 75.0 Å². The lowest BCUT2D eigenvalue weighted by molar-refractivity contribution is -0.135. The molecule has 0 radical (unpaired) electrons. The Morgan fingerprint density at radius 3 is 2.36 bits per heavy atom. The van der Waals surface area contributed by atoms with E-state index >= 15 is 0 Å². The average molecular weight is 536 g/mol. The van der Waals surface area contributed by atoms with Gasteiger partial charge >= 0.3 is 0 Å². The first kappa shape index (κ1) is 28.0. The number of ether oxygens (including phenoxy) is 3. The third-order valence-corrected chi connectivity index (χ3v) is 7.31. The van der Waals surface area contributed by atoms with Crippen LogP contribution in [0.1, 0.15) is 53.0 Å². The van der Waals surface area contributed by atoms with Crippen LogP contribution >= 0.6 is 0 Å². The number of fused-ring (bicyclic) bond motifs is 1. The zero-order valence-corrected chi connectivity index (χ0v) is 23.4. The maximum absolute atomic E-state index is 13.7. The maximum Gasteiger partial charge on any atom is 0.263 e. The zero-order valence-electron chi connectivity index (χ0n) is 23.4. The summed E-state index contributed by atoms with van der Waals surface area (Å²) in [5.41, 5.74) is 3.06. The number of benzene rings is 2. The van der Waals surface area contributed by atoms with E-state index in [-0.39, 0.29) is 30.2 Å². The smallest absolute Gasteiger partial charge is 0.263 e. The predicted molar refractivity (Wildman–Crippen MR) is 149 cm³/mol. The van der Waals surface area contributed by atoms with E-state index in [9.17, 15) is 14.4 Å². The fraction of sp³-hybridized carbons (Fsp3) is 0.433. The van der Waals surface area contributed by atoms with Crippen molar-refractivity contribution in [1.29, 1.82) is 0 Å². The van der Waals surface area contributed by atoms with Gasteiger partial charge < -0.3 is 24.0 Å². The van der Waals surface area contributed by atoms with Crippen LogP contribution in [-0.2, 0) is 11.3 Å². The van der Waals surface area contributed by atoms with Crippen molar-refractivity contribution in [3.8, 4) is 17.2 Å². The molecule has 2 aromatic rings. The number of hydrogen-bond donors (Lipinski definition) is 0. The Morgan fingerprint density at radius 2 is 1.77 bits per heavy atom. The van der Waals surface area contributed by atoms with Gasteiger partial charge in [-0.05, 0) is 56.5 Å². The summed E-state index contributed by atoms with van der Waals surface area (Å²) in [5, 5.41) is 0. The van der Waals surface area contributed by atoms with Gasteiger partial charge in [0.25, 0.3) is 11.8 Å². The van der Waals surface area contributed by atoms with Crippen molar-refractivity contribution in [3.05, 3.63) is 59.2 Å². The molecule has 1 atom stereocenters. The number of hydrogen-bond acceptors (Lipinski definition) is 7. The number of carbonyl (C=O) groups is 3. The summed E-state index contributed by atoms with van der Waals surface area (Å²) in [4.78, 5) is 45.6. The second-order valence-corrected chi connectivity index (χ2v) is 10.0. The van der Waals surface area contributed by atoms with E-state index in [0.29, 0.717) is 65.8 Å². The second-order valence-electron chi connectivity index (χ2n) is 10.0. The molecule has 1 fully saturated rings. The van der Waals surface area contributed by atoms with Crippen molar-refractivity contribution in [2.45, 2.75) is 33.2 Å². The molecule has 0 spiro atoms. The number of likely N-dealkylation sites (N-methyl/N-ethyl adjacent to an activating group) is 1. The number of amides is 3. The van der Waals surface area contributed by atoms with E-state index in [1.807, 2.05) is 24.8 Å². The SMILES string of the molecule is C=C(C)CN(CC)C(=O)C1CCCN(c2cccc3c2C(=O)N(Cc2cc(OC)c(OC)c(OC)c2)C3=O)C1. The Labute approximate surface area is 229 Å². The molecule has 9 heteroatoms. The zero-order chi connectivity index (χ0) is 28.3. The summed E-state index contributed by atoms with van der Waals surface area (Å²) < 4.78 is 16.3. The minimum atomic E-state index is -0.356. The molecule has 0 N–H and O–H groups in total. The number of methoxy groups -OCH3 is 3. The van der Waals surface area contributed by atoms with E-state index < -0.39 is 0 Å². The molecule has 9 nitrogen and oxygen atoms in total. The van der Waals surface area contributed by atoms with Crippen LogP contribution in [0.2, 0.25) is 0 Å². The Balaban J connectivity index is 1.60. The highest BCUT2D eigenvalue weighted by atomic mass is 16.5. The van der Waals surface area contributed by atoms with Gasteiger partial charge in [0.15, 0.2) is 11.5 Å². The van der Waals surface area contributed by atoms with Crippen LogP contribution in [0.25, 0.3) is 0 Å². The molecule has 0 bridgehead atoms. The van der Waals surface area contributed by atoms with E-state index in [2.05, 4.69) is 11.5 Å². The third kappa shape index (κ3) is 5.44. The molecule has 208 valence electrons. The number of piperidine rings is 1. The van der Waals surface area contributed by atoms with Crippen molar-refractivity contribution in [2.24, 2.45) is 5.92 Å². The summed E-state index contributed by atoms with van der Waals surface area (Å²) in [6, 6.07) is 8.82. The van der Waals surface area contributed by atoms with Crippen molar-refractivity contribution in [1.82, 2.24) is 9.80 Å². The van der Waals surface area contributed by atoms with Crippen LogP contribution in [0, 0.1) is 5.92 Å². The minimum Gasteiger partial charge on any atom is -0.493 e. The van der Waals surface area contributed by atoms with Gasteiger partial charge in [-0.25, -0.2) is 0 Å². The Hall–Kier alpha value is -4.01. The molecule has 0 aliphatic carbocycles. The molecule has 4 rings (SSSR count). The van der Waals surface area contributed by atoms with Gasteiger partial charge in [0.05, 0.1) is 50.6 Å². The van der Waals surface area contributed by atoms with Crippen LogP contribution in [0.4, 0.5) is 5.69 Å². The lowest BCUT2D eigenvalue weighted by Gasteiger charge is -2.36. The molecule has 0 saturated carbocycles. The molecule has 1 saturated heterocycles. The number of rotatable bonds is 10. The fourth-order valence-corrected chi connectivity index (χ4v) is 5.46. The number of anilines is 1. The molecule has 2 heterocycles. The predicted octanol–water partition coefficient (Wildman–Crippen LogP) is 4.15. The number of carbonyl (C=O) groups excluding carboxylic acids is 3. The van der Waals surface area contributed by atoms with Crippen molar-refractivity contribution in [3.63, 3.8) is 0 Å². The van der Waals surface area contributed by atoms with Crippen LogP contribution < -0.4 is 19.1 Å². The molecule has 39 heavy (non-hydrogen) atoms. The molecule has 3 amide bonds. The molecular formula is C30H37N3O6. The maximum atomic E-state index is 13.7. The van der Waals surface area contributed by atoms with Gasteiger partial charge in [0, 0.05) is 26.2 Å². The summed E-state index contributed by atoms with van der Waals surface area (Å²) >= 11 is 0. The Kier molecular flexibility index (Phi) is 8.47. The van der Waals surface area contributed by atoms with Gasteiger partial charge in [0.2, 0.25) is 11.7 Å². The van der Waals surface area contributed by atoms with Gasteiger partial charge in [-0.3, -0.25) is 19.3 Å². The molecule has 1 unspecified atom stereocenters. The number of imide groups is 1. The van der Waals surface area contributed by atoms with E-state index in [1.165, 1.54) is 26.2 Å². The highest BCUT2D eigenvalue weighted by molar-refractivity contribution is 6.23.